The van der Waals surface area contributed by atoms with Crippen LogP contribution in [0.5, 0.6) is 5.75 Å². The van der Waals surface area contributed by atoms with E-state index in [-0.39, 0.29) is 24.6 Å². The molecule has 1 aliphatic carbocycles. The molecule has 0 saturated heterocycles. The van der Waals surface area contributed by atoms with Crippen LogP contribution in [0.1, 0.15) is 50.5 Å². The number of alkyl halides is 1. The molecule has 0 heterocycles. The summed E-state index contributed by atoms with van der Waals surface area (Å²) in [4.78, 5) is 0. The van der Waals surface area contributed by atoms with Crippen molar-refractivity contribution in [2.24, 2.45) is 5.92 Å². The molecule has 0 aromatic heterocycles. The average Bonchev–Trinajstić information content (AvgIpc) is 2.73. The highest BCUT2D eigenvalue weighted by molar-refractivity contribution is 5.65. The second kappa shape index (κ2) is 9.81. The van der Waals surface area contributed by atoms with Gasteiger partial charge in [0.1, 0.15) is 0 Å². The fraction of sp³-hybridized carbons (Fsp3) is 0.417. The van der Waals surface area contributed by atoms with E-state index >= 15 is 0 Å². The zero-order chi connectivity index (χ0) is 19.9. The molecule has 1 nitrogen and oxygen atoms in total. The maximum atomic E-state index is 14.4. The molecular weight excluding hydrogens is 361 g/mol. The summed E-state index contributed by atoms with van der Waals surface area (Å²) in [7, 11) is 0. The van der Waals surface area contributed by atoms with E-state index in [0.29, 0.717) is 23.8 Å². The molecule has 0 spiro atoms. The maximum absolute atomic E-state index is 14.4. The van der Waals surface area contributed by atoms with Crippen LogP contribution in [0.25, 0.3) is 11.1 Å². The first kappa shape index (κ1) is 20.5. The van der Waals surface area contributed by atoms with Crippen LogP contribution in [0.2, 0.25) is 0 Å². The second-order valence-corrected chi connectivity index (χ2v) is 7.31. The Kier molecular flexibility index (Phi) is 7.18. The molecule has 3 rings (SSSR count). The number of hydrogen-bond donors (Lipinski definition) is 0. The summed E-state index contributed by atoms with van der Waals surface area (Å²) in [6.07, 6.45) is 9.00. The van der Waals surface area contributed by atoms with Crippen LogP contribution in [0, 0.1) is 17.6 Å². The Bertz CT molecular complexity index is 790. The minimum Gasteiger partial charge on any atom is -0.491 e. The van der Waals surface area contributed by atoms with Crippen molar-refractivity contribution >= 4 is 0 Å². The fourth-order valence-electron chi connectivity index (χ4n) is 3.95. The number of hydrogen-bond acceptors (Lipinski definition) is 1. The lowest BCUT2D eigenvalue weighted by atomic mass is 9.78. The first-order chi connectivity index (χ1) is 13.6. The maximum Gasteiger partial charge on any atom is 0.201 e. The van der Waals surface area contributed by atoms with Gasteiger partial charge in [-0.15, -0.1) is 0 Å². The van der Waals surface area contributed by atoms with Crippen molar-refractivity contribution in [3.8, 4) is 16.9 Å². The number of benzene rings is 2. The monoisotopic (exact) mass is 388 g/mol. The summed E-state index contributed by atoms with van der Waals surface area (Å²) >= 11 is 0. The van der Waals surface area contributed by atoms with Crippen LogP contribution in [-0.4, -0.2) is 13.3 Å². The summed E-state index contributed by atoms with van der Waals surface area (Å²) in [6, 6.07) is 10.8. The molecule has 0 bridgehead atoms. The van der Waals surface area contributed by atoms with E-state index in [9.17, 15) is 13.2 Å². The van der Waals surface area contributed by atoms with Crippen LogP contribution < -0.4 is 4.74 Å². The van der Waals surface area contributed by atoms with E-state index in [4.69, 9.17) is 4.74 Å². The molecule has 1 saturated carbocycles. The van der Waals surface area contributed by atoms with Gasteiger partial charge in [0.05, 0.1) is 13.3 Å². The lowest BCUT2D eigenvalue weighted by molar-refractivity contribution is 0.314. The lowest BCUT2D eigenvalue weighted by Crippen LogP contribution is -2.11. The molecule has 0 amide bonds. The molecule has 1 fully saturated rings. The standard InChI is InChI=1S/C24H27F3O/c1-2-28-22-15-14-21(23(26)24(22)27)20-12-10-19(11-13-20)18-8-6-17(7-9-18)5-3-4-16-25/h3,5,10-15,17-18H,2,4,6-9,16H2,1H3. The minimum atomic E-state index is -0.942. The van der Waals surface area contributed by atoms with E-state index in [2.05, 4.69) is 6.08 Å². The van der Waals surface area contributed by atoms with Crippen molar-refractivity contribution in [1.82, 2.24) is 0 Å². The van der Waals surface area contributed by atoms with Crippen LogP contribution in [-0.2, 0) is 0 Å². The van der Waals surface area contributed by atoms with Crippen LogP contribution in [0.3, 0.4) is 0 Å². The Morgan fingerprint density at radius 1 is 0.964 bits per heavy atom. The largest absolute Gasteiger partial charge is 0.491 e. The SMILES string of the molecule is CCOc1ccc(-c2ccc(C3CCC(C=CCCF)CC3)cc2)c(F)c1F. The second-order valence-electron chi connectivity index (χ2n) is 7.31. The average molecular weight is 388 g/mol. The number of halogens is 3. The highest BCUT2D eigenvalue weighted by atomic mass is 19.2. The Balaban J connectivity index is 1.67. The Hall–Kier alpha value is -2.23. The Morgan fingerprint density at radius 2 is 1.68 bits per heavy atom. The molecular formula is C24H27F3O. The van der Waals surface area contributed by atoms with Crippen molar-refractivity contribution in [1.29, 1.82) is 0 Å². The van der Waals surface area contributed by atoms with Gasteiger partial charge in [0.2, 0.25) is 5.82 Å². The molecule has 2 aromatic rings. The summed E-state index contributed by atoms with van der Waals surface area (Å²) in [6.45, 7) is 1.73. The van der Waals surface area contributed by atoms with Crippen molar-refractivity contribution in [2.75, 3.05) is 13.3 Å². The summed E-state index contributed by atoms with van der Waals surface area (Å²) in [5, 5.41) is 0. The first-order valence-electron chi connectivity index (χ1n) is 10.1. The third kappa shape index (κ3) is 4.78. The molecule has 0 aliphatic heterocycles. The van der Waals surface area contributed by atoms with Crippen LogP contribution >= 0.6 is 0 Å². The highest BCUT2D eigenvalue weighted by Crippen LogP contribution is 2.37. The lowest BCUT2D eigenvalue weighted by Gasteiger charge is -2.27. The van der Waals surface area contributed by atoms with Gasteiger partial charge >= 0.3 is 0 Å². The minimum absolute atomic E-state index is 0.0577. The quantitative estimate of drug-likeness (QED) is 0.455. The zero-order valence-corrected chi connectivity index (χ0v) is 16.3. The Labute approximate surface area is 165 Å². The van der Waals surface area contributed by atoms with Crippen LogP contribution in [0.4, 0.5) is 13.2 Å². The van der Waals surface area contributed by atoms with E-state index in [1.165, 1.54) is 11.6 Å². The van der Waals surface area contributed by atoms with Gasteiger partial charge in [0, 0.05) is 5.56 Å². The van der Waals surface area contributed by atoms with Gasteiger partial charge in [0.25, 0.3) is 0 Å². The third-order valence-electron chi connectivity index (χ3n) is 5.50. The molecule has 1 aliphatic rings. The van der Waals surface area contributed by atoms with Gasteiger partial charge in [-0.2, -0.15) is 4.39 Å². The molecule has 0 atom stereocenters. The van der Waals surface area contributed by atoms with E-state index in [0.717, 1.165) is 25.7 Å². The van der Waals surface area contributed by atoms with Gasteiger partial charge in [-0.25, -0.2) is 4.39 Å². The van der Waals surface area contributed by atoms with Crippen molar-refractivity contribution < 1.29 is 17.9 Å². The predicted octanol–water partition coefficient (Wildman–Crippen LogP) is 7.22. The van der Waals surface area contributed by atoms with Crippen molar-refractivity contribution in [3.05, 3.63) is 65.7 Å². The number of ether oxygens (including phenoxy) is 1. The van der Waals surface area contributed by atoms with Gasteiger partial charge in [-0.1, -0.05) is 36.4 Å². The zero-order valence-electron chi connectivity index (χ0n) is 16.3. The van der Waals surface area contributed by atoms with Gasteiger partial charge < -0.3 is 4.74 Å². The van der Waals surface area contributed by atoms with Crippen molar-refractivity contribution in [3.63, 3.8) is 0 Å². The molecule has 4 heteroatoms. The third-order valence-corrected chi connectivity index (χ3v) is 5.50. The molecule has 150 valence electrons. The van der Waals surface area contributed by atoms with Gasteiger partial charge in [-0.05, 0) is 74.1 Å². The Morgan fingerprint density at radius 3 is 2.32 bits per heavy atom. The van der Waals surface area contributed by atoms with Crippen molar-refractivity contribution in [2.45, 2.75) is 44.9 Å². The summed E-state index contributed by atoms with van der Waals surface area (Å²) in [5.74, 6) is -0.843. The van der Waals surface area contributed by atoms with Gasteiger partial charge in [0.15, 0.2) is 11.6 Å². The number of allylic oxidation sites excluding steroid dienone is 2. The molecule has 2 aromatic carbocycles. The molecule has 28 heavy (non-hydrogen) atoms. The topological polar surface area (TPSA) is 9.23 Å². The number of rotatable bonds is 7. The van der Waals surface area contributed by atoms with E-state index < -0.39 is 11.6 Å². The predicted molar refractivity (Wildman–Crippen MR) is 107 cm³/mol. The van der Waals surface area contributed by atoms with Gasteiger partial charge in [-0.3, -0.25) is 4.39 Å². The molecule has 0 N–H and O–H groups in total. The van der Waals surface area contributed by atoms with E-state index in [1.807, 2.05) is 30.3 Å². The molecule has 0 radical (unpaired) electrons. The smallest absolute Gasteiger partial charge is 0.201 e. The van der Waals surface area contributed by atoms with E-state index in [1.54, 1.807) is 13.0 Å². The highest BCUT2D eigenvalue weighted by Gasteiger charge is 2.21. The molecule has 0 unspecified atom stereocenters. The van der Waals surface area contributed by atoms with Crippen LogP contribution in [0.15, 0.2) is 48.6 Å². The summed E-state index contributed by atoms with van der Waals surface area (Å²) in [5.41, 5.74) is 2.14. The fourth-order valence-corrected chi connectivity index (χ4v) is 3.95. The first-order valence-corrected chi connectivity index (χ1v) is 10.1. The normalized spacial score (nSPS) is 19.9. The summed E-state index contributed by atoms with van der Waals surface area (Å²) < 4.78 is 45.8.